The number of aryl methyl sites for hydroxylation is 1. The van der Waals surface area contributed by atoms with Crippen LogP contribution >= 0.6 is 0 Å². The molecule has 0 amide bonds. The molecule has 0 saturated carbocycles. The Hall–Kier alpha value is -2.20. The lowest BCUT2D eigenvalue weighted by Gasteiger charge is -2.25. The molecule has 4 nitrogen and oxygen atoms in total. The van der Waals surface area contributed by atoms with Gasteiger partial charge in [0.2, 0.25) is 0 Å². The minimum absolute atomic E-state index is 0.332. The first-order valence-corrected chi connectivity index (χ1v) is 7.19. The van der Waals surface area contributed by atoms with Gasteiger partial charge in [-0.1, -0.05) is 12.1 Å². The van der Waals surface area contributed by atoms with Crippen LogP contribution in [0.15, 0.2) is 42.7 Å². The van der Waals surface area contributed by atoms with Crippen molar-refractivity contribution in [2.75, 3.05) is 7.05 Å². The molecular formula is C17H20N4. The van der Waals surface area contributed by atoms with Gasteiger partial charge < -0.3 is 4.98 Å². The fourth-order valence-electron chi connectivity index (χ4n) is 2.59. The lowest BCUT2D eigenvalue weighted by molar-refractivity contribution is 0.253. The molecule has 1 unspecified atom stereocenters. The van der Waals surface area contributed by atoms with Gasteiger partial charge in [0.05, 0.1) is 11.0 Å². The normalized spacial score (nSPS) is 13.0. The molecule has 0 aliphatic rings. The van der Waals surface area contributed by atoms with Gasteiger partial charge in [-0.2, -0.15) is 0 Å². The maximum absolute atomic E-state index is 4.45. The van der Waals surface area contributed by atoms with Crippen LogP contribution in [0, 0.1) is 6.92 Å². The molecule has 2 heterocycles. The Morgan fingerprint density at radius 2 is 2.14 bits per heavy atom. The van der Waals surface area contributed by atoms with E-state index in [-0.39, 0.29) is 0 Å². The number of aromatic amines is 1. The molecule has 0 fully saturated rings. The third kappa shape index (κ3) is 2.95. The highest BCUT2D eigenvalue weighted by Gasteiger charge is 2.13. The molecule has 0 radical (unpaired) electrons. The summed E-state index contributed by atoms with van der Waals surface area (Å²) < 4.78 is 0. The van der Waals surface area contributed by atoms with Crippen molar-refractivity contribution < 1.29 is 0 Å². The number of imidazole rings is 1. The van der Waals surface area contributed by atoms with Crippen LogP contribution in [0.25, 0.3) is 11.0 Å². The standard InChI is InChI=1S/C17H20N4/c1-12(21(3)11-14-5-4-8-18-10-14)15-6-7-16-17(9-15)20-13(2)19-16/h4-10,12H,11H2,1-3H3,(H,19,20). The zero-order valence-corrected chi connectivity index (χ0v) is 12.7. The van der Waals surface area contributed by atoms with Crippen molar-refractivity contribution >= 4 is 11.0 Å². The smallest absolute Gasteiger partial charge is 0.104 e. The number of hydrogen-bond acceptors (Lipinski definition) is 3. The fourth-order valence-corrected chi connectivity index (χ4v) is 2.59. The van der Waals surface area contributed by atoms with E-state index >= 15 is 0 Å². The number of nitrogens with one attached hydrogen (secondary N) is 1. The van der Waals surface area contributed by atoms with Crippen molar-refractivity contribution in [2.24, 2.45) is 0 Å². The first kappa shape index (κ1) is 13.8. The van der Waals surface area contributed by atoms with Crippen LogP contribution in [0.2, 0.25) is 0 Å². The third-order valence-corrected chi connectivity index (χ3v) is 3.92. The quantitative estimate of drug-likeness (QED) is 0.796. The molecule has 1 N–H and O–H groups in total. The highest BCUT2D eigenvalue weighted by atomic mass is 15.1. The van der Waals surface area contributed by atoms with Crippen molar-refractivity contribution in [3.63, 3.8) is 0 Å². The van der Waals surface area contributed by atoms with Crippen LogP contribution in [0.3, 0.4) is 0 Å². The van der Waals surface area contributed by atoms with Gasteiger partial charge >= 0.3 is 0 Å². The van der Waals surface area contributed by atoms with Gasteiger partial charge in [0.25, 0.3) is 0 Å². The molecule has 21 heavy (non-hydrogen) atoms. The number of fused-ring (bicyclic) bond motifs is 1. The van der Waals surface area contributed by atoms with E-state index in [0.717, 1.165) is 23.4 Å². The second-order valence-corrected chi connectivity index (χ2v) is 5.55. The van der Waals surface area contributed by atoms with Gasteiger partial charge in [0.15, 0.2) is 0 Å². The van der Waals surface area contributed by atoms with Crippen molar-refractivity contribution in [3.8, 4) is 0 Å². The average Bonchev–Trinajstić information content (AvgIpc) is 2.86. The minimum Gasteiger partial charge on any atom is -0.342 e. The van der Waals surface area contributed by atoms with E-state index in [1.165, 1.54) is 11.1 Å². The second kappa shape index (κ2) is 5.66. The number of hydrogen-bond donors (Lipinski definition) is 1. The Morgan fingerprint density at radius 1 is 1.29 bits per heavy atom. The first-order valence-electron chi connectivity index (χ1n) is 7.19. The summed E-state index contributed by atoms with van der Waals surface area (Å²) in [7, 11) is 2.14. The molecule has 0 bridgehead atoms. The molecule has 0 aliphatic heterocycles. The van der Waals surface area contributed by atoms with Crippen molar-refractivity contribution in [2.45, 2.75) is 26.4 Å². The maximum atomic E-state index is 4.45. The number of aromatic nitrogens is 3. The second-order valence-electron chi connectivity index (χ2n) is 5.55. The van der Waals surface area contributed by atoms with Gasteiger partial charge in [-0.15, -0.1) is 0 Å². The first-order chi connectivity index (χ1) is 10.1. The molecule has 1 atom stereocenters. The lowest BCUT2D eigenvalue weighted by Crippen LogP contribution is -2.21. The molecule has 0 aliphatic carbocycles. The van der Waals surface area contributed by atoms with Crippen LogP contribution < -0.4 is 0 Å². The van der Waals surface area contributed by atoms with Crippen LogP contribution in [-0.4, -0.2) is 26.9 Å². The molecular weight excluding hydrogens is 260 g/mol. The molecule has 0 saturated heterocycles. The van der Waals surface area contributed by atoms with Gasteiger partial charge in [-0.05, 0) is 50.2 Å². The van der Waals surface area contributed by atoms with Crippen molar-refractivity contribution in [1.82, 2.24) is 19.9 Å². The van der Waals surface area contributed by atoms with E-state index in [9.17, 15) is 0 Å². The van der Waals surface area contributed by atoms with E-state index in [4.69, 9.17) is 0 Å². The Balaban J connectivity index is 1.80. The highest BCUT2D eigenvalue weighted by Crippen LogP contribution is 2.23. The highest BCUT2D eigenvalue weighted by molar-refractivity contribution is 5.75. The summed E-state index contributed by atoms with van der Waals surface area (Å²) in [5.74, 6) is 0.957. The summed E-state index contributed by atoms with van der Waals surface area (Å²) >= 11 is 0. The zero-order valence-electron chi connectivity index (χ0n) is 12.7. The van der Waals surface area contributed by atoms with Gasteiger partial charge in [-0.25, -0.2) is 4.98 Å². The van der Waals surface area contributed by atoms with E-state index in [0.29, 0.717) is 6.04 Å². The molecule has 2 aromatic heterocycles. The molecule has 4 heteroatoms. The summed E-state index contributed by atoms with van der Waals surface area (Å²) in [6.07, 6.45) is 3.73. The number of rotatable bonds is 4. The van der Waals surface area contributed by atoms with Crippen LogP contribution in [-0.2, 0) is 6.54 Å². The summed E-state index contributed by atoms with van der Waals surface area (Å²) in [4.78, 5) is 14.2. The SMILES string of the molecule is Cc1nc2ccc(C(C)N(C)Cc3cccnc3)cc2[nH]1. The molecule has 3 rings (SSSR count). The molecule has 0 spiro atoms. The van der Waals surface area contributed by atoms with Crippen LogP contribution in [0.5, 0.6) is 0 Å². The summed E-state index contributed by atoms with van der Waals surface area (Å²) in [6, 6.07) is 10.9. The predicted octanol–water partition coefficient (Wildman–Crippen LogP) is 3.46. The molecule has 3 aromatic rings. The van der Waals surface area contributed by atoms with E-state index in [1.807, 2.05) is 19.2 Å². The fraction of sp³-hybridized carbons (Fsp3) is 0.294. The largest absolute Gasteiger partial charge is 0.342 e. The van der Waals surface area contributed by atoms with Gasteiger partial charge in [0.1, 0.15) is 5.82 Å². The van der Waals surface area contributed by atoms with Gasteiger partial charge in [-0.3, -0.25) is 9.88 Å². The maximum Gasteiger partial charge on any atom is 0.104 e. The Morgan fingerprint density at radius 3 is 2.90 bits per heavy atom. The summed E-state index contributed by atoms with van der Waals surface area (Å²) in [6.45, 7) is 5.09. The van der Waals surface area contributed by atoms with Crippen LogP contribution in [0.4, 0.5) is 0 Å². The number of pyridine rings is 1. The Labute approximate surface area is 124 Å². The monoisotopic (exact) mass is 280 g/mol. The summed E-state index contributed by atoms with van der Waals surface area (Å²) in [5, 5.41) is 0. The van der Waals surface area contributed by atoms with Crippen LogP contribution in [0.1, 0.15) is 29.9 Å². The number of nitrogens with zero attached hydrogens (tertiary/aromatic N) is 3. The Kier molecular flexibility index (Phi) is 3.71. The van der Waals surface area contributed by atoms with Crippen molar-refractivity contribution in [3.05, 3.63) is 59.7 Å². The lowest BCUT2D eigenvalue weighted by atomic mass is 10.1. The number of benzene rings is 1. The van der Waals surface area contributed by atoms with Crippen molar-refractivity contribution in [1.29, 1.82) is 0 Å². The van der Waals surface area contributed by atoms with E-state index < -0.39 is 0 Å². The minimum atomic E-state index is 0.332. The average molecular weight is 280 g/mol. The predicted molar refractivity (Wildman–Crippen MR) is 84.9 cm³/mol. The topological polar surface area (TPSA) is 44.8 Å². The van der Waals surface area contributed by atoms with E-state index in [1.54, 1.807) is 6.20 Å². The zero-order chi connectivity index (χ0) is 14.8. The Bertz CT molecular complexity index is 733. The van der Waals surface area contributed by atoms with E-state index in [2.05, 4.69) is 58.1 Å². The third-order valence-electron chi connectivity index (χ3n) is 3.92. The molecule has 108 valence electrons. The summed E-state index contributed by atoms with van der Waals surface area (Å²) in [5.41, 5.74) is 4.65. The number of H-pyrrole nitrogens is 1. The molecule has 1 aromatic carbocycles. The van der Waals surface area contributed by atoms with Gasteiger partial charge in [0, 0.05) is 25.0 Å².